The Morgan fingerprint density at radius 2 is 2.17 bits per heavy atom. The van der Waals surface area contributed by atoms with Gasteiger partial charge < -0.3 is 5.32 Å². The van der Waals surface area contributed by atoms with Crippen LogP contribution >= 0.6 is 27.7 Å². The number of carbonyl (C=O) groups is 1. The molecule has 2 aromatic rings. The van der Waals surface area contributed by atoms with Gasteiger partial charge in [0.1, 0.15) is 5.82 Å². The van der Waals surface area contributed by atoms with Crippen LogP contribution in [0.2, 0.25) is 0 Å². The number of carbonyl (C=O) groups excluding carboxylic acids is 1. The minimum Gasteiger partial charge on any atom is -0.310 e. The number of rotatable bonds is 5. The molecule has 0 radical (unpaired) electrons. The van der Waals surface area contributed by atoms with E-state index in [0.717, 1.165) is 28.0 Å². The molecule has 0 spiro atoms. The molecule has 0 atom stereocenters. The standard InChI is InChI=1S/C17H20BrN3OS/c1-12-10-13(18)6-7-15(12)23-11-17(22)20-16-8-9-19-21(16)14-4-2-3-5-14/h6-10,14H,2-5,11H2,1H3,(H,20,22). The fraction of sp³-hybridized carbons (Fsp3) is 0.412. The normalized spacial score (nSPS) is 15.0. The Balaban J connectivity index is 1.58. The lowest BCUT2D eigenvalue weighted by molar-refractivity contribution is -0.113. The monoisotopic (exact) mass is 393 g/mol. The van der Waals surface area contributed by atoms with Gasteiger partial charge in [0.25, 0.3) is 0 Å². The minimum atomic E-state index is 0.0112. The second-order valence-electron chi connectivity index (χ2n) is 5.85. The average molecular weight is 394 g/mol. The van der Waals surface area contributed by atoms with Crippen LogP contribution in [0, 0.1) is 6.92 Å². The second-order valence-corrected chi connectivity index (χ2v) is 7.78. The number of halogens is 1. The molecule has 122 valence electrons. The van der Waals surface area contributed by atoms with E-state index in [9.17, 15) is 4.79 Å². The van der Waals surface area contributed by atoms with Gasteiger partial charge in [-0.25, -0.2) is 4.68 Å². The van der Waals surface area contributed by atoms with Gasteiger partial charge in [0.2, 0.25) is 5.91 Å². The zero-order chi connectivity index (χ0) is 16.2. The predicted molar refractivity (Wildman–Crippen MR) is 98.0 cm³/mol. The van der Waals surface area contributed by atoms with E-state index in [-0.39, 0.29) is 5.91 Å². The Hall–Kier alpha value is -1.27. The molecule has 23 heavy (non-hydrogen) atoms. The van der Waals surface area contributed by atoms with Crippen LogP contribution in [0.25, 0.3) is 0 Å². The van der Waals surface area contributed by atoms with Crippen LogP contribution in [-0.4, -0.2) is 21.4 Å². The van der Waals surface area contributed by atoms with Crippen LogP contribution in [0.4, 0.5) is 5.82 Å². The van der Waals surface area contributed by atoms with E-state index in [4.69, 9.17) is 0 Å². The summed E-state index contributed by atoms with van der Waals surface area (Å²) in [5.74, 6) is 1.23. The number of hydrogen-bond acceptors (Lipinski definition) is 3. The summed E-state index contributed by atoms with van der Waals surface area (Å²) >= 11 is 5.02. The number of amides is 1. The first-order chi connectivity index (χ1) is 11.1. The van der Waals surface area contributed by atoms with Crippen molar-refractivity contribution in [3.63, 3.8) is 0 Å². The van der Waals surface area contributed by atoms with Crippen LogP contribution in [0.5, 0.6) is 0 Å². The van der Waals surface area contributed by atoms with Gasteiger partial charge >= 0.3 is 0 Å². The molecule has 1 heterocycles. The Labute approximate surface area is 149 Å². The Kier molecular flexibility index (Phi) is 5.43. The first-order valence-electron chi connectivity index (χ1n) is 7.86. The van der Waals surface area contributed by atoms with Crippen molar-refractivity contribution in [2.75, 3.05) is 11.1 Å². The van der Waals surface area contributed by atoms with E-state index >= 15 is 0 Å². The third kappa shape index (κ3) is 4.18. The van der Waals surface area contributed by atoms with E-state index < -0.39 is 0 Å². The number of nitrogens with one attached hydrogen (secondary N) is 1. The summed E-state index contributed by atoms with van der Waals surface area (Å²) in [5.41, 5.74) is 1.17. The molecule has 1 aromatic carbocycles. The summed E-state index contributed by atoms with van der Waals surface area (Å²) in [6.07, 6.45) is 6.56. The lowest BCUT2D eigenvalue weighted by Crippen LogP contribution is -2.19. The Morgan fingerprint density at radius 1 is 1.39 bits per heavy atom. The lowest BCUT2D eigenvalue weighted by Gasteiger charge is -2.14. The molecular weight excluding hydrogens is 374 g/mol. The maximum Gasteiger partial charge on any atom is 0.235 e. The van der Waals surface area contributed by atoms with Gasteiger partial charge in [-0.1, -0.05) is 28.8 Å². The fourth-order valence-electron chi connectivity index (χ4n) is 2.95. The summed E-state index contributed by atoms with van der Waals surface area (Å²) in [4.78, 5) is 13.4. The molecule has 1 fully saturated rings. The summed E-state index contributed by atoms with van der Waals surface area (Å²) in [7, 11) is 0. The molecule has 4 nitrogen and oxygen atoms in total. The van der Waals surface area contributed by atoms with Crippen LogP contribution in [0.15, 0.2) is 39.8 Å². The van der Waals surface area contributed by atoms with Crippen molar-refractivity contribution in [2.24, 2.45) is 0 Å². The highest BCUT2D eigenvalue weighted by Gasteiger charge is 2.20. The Morgan fingerprint density at radius 3 is 2.91 bits per heavy atom. The number of thioether (sulfide) groups is 1. The van der Waals surface area contributed by atoms with Gasteiger partial charge in [-0.2, -0.15) is 5.10 Å². The van der Waals surface area contributed by atoms with E-state index in [2.05, 4.69) is 39.3 Å². The zero-order valence-corrected chi connectivity index (χ0v) is 15.5. The van der Waals surface area contributed by atoms with Crippen molar-refractivity contribution in [3.05, 3.63) is 40.5 Å². The van der Waals surface area contributed by atoms with E-state index in [1.807, 2.05) is 22.9 Å². The van der Waals surface area contributed by atoms with Gasteiger partial charge in [-0.15, -0.1) is 11.8 Å². The van der Waals surface area contributed by atoms with Crippen molar-refractivity contribution >= 4 is 39.4 Å². The van der Waals surface area contributed by atoms with Gasteiger partial charge in [0.05, 0.1) is 18.0 Å². The van der Waals surface area contributed by atoms with Gasteiger partial charge in [-0.05, 0) is 43.5 Å². The number of aromatic nitrogens is 2. The van der Waals surface area contributed by atoms with Crippen molar-refractivity contribution < 1.29 is 4.79 Å². The average Bonchev–Trinajstić information content (AvgIpc) is 3.17. The number of aryl methyl sites for hydroxylation is 1. The topological polar surface area (TPSA) is 46.9 Å². The molecule has 1 amide bonds. The number of hydrogen-bond donors (Lipinski definition) is 1. The number of benzene rings is 1. The van der Waals surface area contributed by atoms with Crippen LogP contribution < -0.4 is 5.32 Å². The van der Waals surface area contributed by atoms with Gasteiger partial charge in [0.15, 0.2) is 0 Å². The van der Waals surface area contributed by atoms with E-state index in [0.29, 0.717) is 11.8 Å². The summed E-state index contributed by atoms with van der Waals surface area (Å²) in [5, 5.41) is 7.38. The molecule has 1 aromatic heterocycles. The quantitative estimate of drug-likeness (QED) is 0.741. The van der Waals surface area contributed by atoms with Gasteiger partial charge in [0, 0.05) is 15.4 Å². The molecule has 1 N–H and O–H groups in total. The molecule has 0 bridgehead atoms. The van der Waals surface area contributed by atoms with Crippen LogP contribution in [0.1, 0.15) is 37.3 Å². The van der Waals surface area contributed by atoms with Gasteiger partial charge in [-0.3, -0.25) is 4.79 Å². The van der Waals surface area contributed by atoms with Crippen LogP contribution in [0.3, 0.4) is 0 Å². The largest absolute Gasteiger partial charge is 0.310 e. The summed E-state index contributed by atoms with van der Waals surface area (Å²) in [6.45, 7) is 2.06. The fourth-order valence-corrected chi connectivity index (χ4v) is 4.24. The predicted octanol–water partition coefficient (Wildman–Crippen LogP) is 4.80. The zero-order valence-electron chi connectivity index (χ0n) is 13.1. The van der Waals surface area contributed by atoms with Crippen LogP contribution in [-0.2, 0) is 4.79 Å². The SMILES string of the molecule is Cc1cc(Br)ccc1SCC(=O)Nc1ccnn1C1CCCC1. The third-order valence-corrected chi connectivity index (χ3v) is 5.77. The lowest BCUT2D eigenvalue weighted by atomic mass is 10.2. The first kappa shape index (κ1) is 16.6. The molecule has 6 heteroatoms. The second kappa shape index (κ2) is 7.53. The van der Waals surface area contributed by atoms with Crippen molar-refractivity contribution in [3.8, 4) is 0 Å². The van der Waals surface area contributed by atoms with Crippen molar-refractivity contribution in [2.45, 2.75) is 43.5 Å². The van der Waals surface area contributed by atoms with Crippen molar-refractivity contribution in [1.82, 2.24) is 9.78 Å². The summed E-state index contributed by atoms with van der Waals surface area (Å²) < 4.78 is 3.03. The number of anilines is 1. The Bertz CT molecular complexity index is 695. The highest BCUT2D eigenvalue weighted by molar-refractivity contribution is 9.10. The summed E-state index contributed by atoms with van der Waals surface area (Å²) in [6, 6.07) is 8.42. The molecule has 3 rings (SSSR count). The maximum atomic E-state index is 12.2. The van der Waals surface area contributed by atoms with E-state index in [1.54, 1.807) is 18.0 Å². The highest BCUT2D eigenvalue weighted by atomic mass is 79.9. The molecule has 0 unspecified atom stereocenters. The molecule has 0 aliphatic heterocycles. The van der Waals surface area contributed by atoms with E-state index in [1.165, 1.54) is 18.4 Å². The first-order valence-corrected chi connectivity index (χ1v) is 9.63. The molecular formula is C17H20BrN3OS. The van der Waals surface area contributed by atoms with Crippen molar-refractivity contribution in [1.29, 1.82) is 0 Å². The number of nitrogens with zero attached hydrogens (tertiary/aromatic N) is 2. The molecule has 0 saturated heterocycles. The highest BCUT2D eigenvalue weighted by Crippen LogP contribution is 2.31. The maximum absolute atomic E-state index is 12.2. The molecule has 1 saturated carbocycles. The smallest absolute Gasteiger partial charge is 0.235 e. The third-order valence-electron chi connectivity index (χ3n) is 4.10. The molecule has 1 aliphatic rings. The molecule has 1 aliphatic carbocycles. The minimum absolute atomic E-state index is 0.0112.